The lowest BCUT2D eigenvalue weighted by Crippen LogP contribution is -2.33. The molecule has 1 saturated heterocycles. The second-order valence-electron chi connectivity index (χ2n) is 5.68. The van der Waals surface area contributed by atoms with E-state index in [2.05, 4.69) is 6.92 Å². The van der Waals surface area contributed by atoms with Gasteiger partial charge in [-0.05, 0) is 12.0 Å². The Balaban J connectivity index is 1.96. The predicted octanol–water partition coefficient (Wildman–Crippen LogP) is 2.50. The van der Waals surface area contributed by atoms with Crippen molar-refractivity contribution in [2.75, 3.05) is 0 Å². The van der Waals surface area contributed by atoms with Crippen LogP contribution < -0.4 is 0 Å². The summed E-state index contributed by atoms with van der Waals surface area (Å²) in [7, 11) is 0. The summed E-state index contributed by atoms with van der Waals surface area (Å²) < 4.78 is 0. The highest BCUT2D eigenvalue weighted by atomic mass is 16.3. The van der Waals surface area contributed by atoms with E-state index in [0.29, 0.717) is 13.0 Å². The molecule has 1 aliphatic heterocycles. The molecule has 1 aliphatic rings. The smallest absolute Gasteiger partial charge is 0.235 e. The van der Waals surface area contributed by atoms with E-state index in [1.54, 1.807) is 0 Å². The second kappa shape index (κ2) is 7.36. The van der Waals surface area contributed by atoms with Gasteiger partial charge in [-0.25, -0.2) is 0 Å². The summed E-state index contributed by atoms with van der Waals surface area (Å²) in [6.45, 7) is 2.40. The number of aliphatic hydroxyl groups excluding tert-OH is 1. The Bertz CT molecular complexity index is 486. The van der Waals surface area contributed by atoms with E-state index in [1.807, 2.05) is 30.3 Å². The number of amides is 2. The van der Waals surface area contributed by atoms with Crippen LogP contribution in [-0.2, 0) is 16.1 Å². The number of unbranched alkanes of at least 4 members (excludes halogenated alkanes) is 2. The first-order valence-electron chi connectivity index (χ1n) is 7.69. The average molecular weight is 289 g/mol. The van der Waals surface area contributed by atoms with E-state index in [4.69, 9.17) is 0 Å². The summed E-state index contributed by atoms with van der Waals surface area (Å²) in [4.78, 5) is 25.6. The van der Waals surface area contributed by atoms with Gasteiger partial charge in [0.2, 0.25) is 11.8 Å². The SMILES string of the molecule is CCCCC[C@@H](O)[C@@H]1CC(=O)N(Cc2ccccc2)C1=O. The van der Waals surface area contributed by atoms with Gasteiger partial charge >= 0.3 is 0 Å². The quantitative estimate of drug-likeness (QED) is 0.620. The summed E-state index contributed by atoms with van der Waals surface area (Å²) >= 11 is 0. The van der Waals surface area contributed by atoms with Gasteiger partial charge in [-0.2, -0.15) is 0 Å². The molecular formula is C17H23NO3. The van der Waals surface area contributed by atoms with Gasteiger partial charge in [0.05, 0.1) is 18.6 Å². The maximum absolute atomic E-state index is 12.3. The van der Waals surface area contributed by atoms with E-state index < -0.39 is 12.0 Å². The fraction of sp³-hybridized carbons (Fsp3) is 0.529. The Morgan fingerprint density at radius 1 is 1.24 bits per heavy atom. The third-order valence-electron chi connectivity index (χ3n) is 4.03. The van der Waals surface area contributed by atoms with Crippen LogP contribution in [0.2, 0.25) is 0 Å². The highest BCUT2D eigenvalue weighted by Crippen LogP contribution is 2.27. The molecule has 0 aliphatic carbocycles. The predicted molar refractivity (Wildman–Crippen MR) is 80.3 cm³/mol. The van der Waals surface area contributed by atoms with Crippen LogP contribution in [0.4, 0.5) is 0 Å². The molecule has 1 aromatic rings. The number of nitrogens with zero attached hydrogens (tertiary/aromatic N) is 1. The number of hydrogen-bond acceptors (Lipinski definition) is 3. The molecule has 0 radical (unpaired) electrons. The zero-order valence-electron chi connectivity index (χ0n) is 12.5. The first-order chi connectivity index (χ1) is 10.1. The number of aliphatic hydroxyl groups is 1. The van der Waals surface area contributed by atoms with Gasteiger partial charge < -0.3 is 5.11 Å². The molecule has 1 N–H and O–H groups in total. The van der Waals surface area contributed by atoms with Crippen molar-refractivity contribution in [3.05, 3.63) is 35.9 Å². The Morgan fingerprint density at radius 3 is 2.62 bits per heavy atom. The number of benzene rings is 1. The van der Waals surface area contributed by atoms with Crippen LogP contribution >= 0.6 is 0 Å². The summed E-state index contributed by atoms with van der Waals surface area (Å²) in [5, 5.41) is 10.1. The first-order valence-corrected chi connectivity index (χ1v) is 7.69. The molecule has 1 aromatic carbocycles. The first kappa shape index (κ1) is 15.7. The van der Waals surface area contributed by atoms with Gasteiger partial charge in [0.1, 0.15) is 0 Å². The van der Waals surface area contributed by atoms with E-state index in [-0.39, 0.29) is 18.2 Å². The van der Waals surface area contributed by atoms with Gasteiger partial charge in [-0.15, -0.1) is 0 Å². The molecule has 1 heterocycles. The number of likely N-dealkylation sites (tertiary alicyclic amines) is 1. The molecule has 0 spiro atoms. The molecule has 0 bridgehead atoms. The van der Waals surface area contributed by atoms with E-state index in [1.165, 1.54) is 4.90 Å². The number of carbonyl (C=O) groups is 2. The molecule has 0 saturated carbocycles. The van der Waals surface area contributed by atoms with E-state index >= 15 is 0 Å². The van der Waals surface area contributed by atoms with Crippen molar-refractivity contribution in [3.8, 4) is 0 Å². The van der Waals surface area contributed by atoms with E-state index in [0.717, 1.165) is 24.8 Å². The Kier molecular flexibility index (Phi) is 5.51. The second-order valence-corrected chi connectivity index (χ2v) is 5.68. The fourth-order valence-electron chi connectivity index (χ4n) is 2.75. The number of carbonyl (C=O) groups excluding carboxylic acids is 2. The van der Waals surface area contributed by atoms with Crippen LogP contribution in [0.3, 0.4) is 0 Å². The van der Waals surface area contributed by atoms with Gasteiger partial charge in [0, 0.05) is 6.42 Å². The molecule has 4 nitrogen and oxygen atoms in total. The summed E-state index contributed by atoms with van der Waals surface area (Å²) in [6, 6.07) is 9.46. The average Bonchev–Trinajstić information content (AvgIpc) is 2.77. The van der Waals surface area contributed by atoms with Crippen LogP contribution in [0.15, 0.2) is 30.3 Å². The highest BCUT2D eigenvalue weighted by molar-refractivity contribution is 6.03. The maximum atomic E-state index is 12.3. The van der Waals surface area contributed by atoms with Crippen molar-refractivity contribution in [1.29, 1.82) is 0 Å². The lowest BCUT2D eigenvalue weighted by Gasteiger charge is -2.18. The normalized spacial score (nSPS) is 20.1. The minimum atomic E-state index is -0.700. The van der Waals surface area contributed by atoms with Crippen LogP contribution in [0, 0.1) is 5.92 Å². The van der Waals surface area contributed by atoms with Crippen molar-refractivity contribution in [2.24, 2.45) is 5.92 Å². The zero-order valence-corrected chi connectivity index (χ0v) is 12.5. The molecule has 2 amide bonds. The van der Waals surface area contributed by atoms with Gasteiger partial charge in [0.25, 0.3) is 0 Å². The Morgan fingerprint density at radius 2 is 1.95 bits per heavy atom. The zero-order chi connectivity index (χ0) is 15.2. The van der Waals surface area contributed by atoms with Gasteiger partial charge in [0.15, 0.2) is 0 Å². The number of imide groups is 1. The Hall–Kier alpha value is -1.68. The molecule has 2 atom stereocenters. The molecular weight excluding hydrogens is 266 g/mol. The van der Waals surface area contributed by atoms with Crippen LogP contribution in [0.25, 0.3) is 0 Å². The minimum absolute atomic E-state index is 0.138. The van der Waals surface area contributed by atoms with Crippen molar-refractivity contribution < 1.29 is 14.7 Å². The number of hydrogen-bond donors (Lipinski definition) is 1. The maximum Gasteiger partial charge on any atom is 0.235 e. The monoisotopic (exact) mass is 289 g/mol. The molecule has 0 unspecified atom stereocenters. The topological polar surface area (TPSA) is 57.6 Å². The van der Waals surface area contributed by atoms with Crippen LogP contribution in [0.1, 0.15) is 44.6 Å². The van der Waals surface area contributed by atoms with Gasteiger partial charge in [-0.1, -0.05) is 56.5 Å². The molecule has 2 rings (SSSR count). The standard InChI is InChI=1S/C17H23NO3/c1-2-3-5-10-15(19)14-11-16(20)18(17(14)21)12-13-8-6-4-7-9-13/h4,6-9,14-15,19H,2-3,5,10-12H2,1H3/t14-,15+/m0/s1. The lowest BCUT2D eigenvalue weighted by molar-refractivity contribution is -0.141. The van der Waals surface area contributed by atoms with Crippen molar-refractivity contribution >= 4 is 11.8 Å². The molecule has 4 heteroatoms. The molecule has 0 aromatic heterocycles. The third kappa shape index (κ3) is 3.91. The van der Waals surface area contributed by atoms with Crippen molar-refractivity contribution in [3.63, 3.8) is 0 Å². The van der Waals surface area contributed by atoms with Crippen molar-refractivity contribution in [1.82, 2.24) is 4.90 Å². The van der Waals surface area contributed by atoms with Crippen molar-refractivity contribution in [2.45, 2.75) is 51.7 Å². The Labute approximate surface area is 125 Å². The largest absolute Gasteiger partial charge is 0.392 e. The summed E-state index contributed by atoms with van der Waals surface area (Å²) in [6.07, 6.45) is 3.04. The molecule has 1 fully saturated rings. The van der Waals surface area contributed by atoms with Crippen LogP contribution in [-0.4, -0.2) is 27.9 Å². The minimum Gasteiger partial charge on any atom is -0.392 e. The van der Waals surface area contributed by atoms with Crippen LogP contribution in [0.5, 0.6) is 0 Å². The third-order valence-corrected chi connectivity index (χ3v) is 4.03. The van der Waals surface area contributed by atoms with Gasteiger partial charge in [-0.3, -0.25) is 14.5 Å². The molecule has 21 heavy (non-hydrogen) atoms. The summed E-state index contributed by atoms with van der Waals surface area (Å²) in [5.74, 6) is -0.964. The van der Waals surface area contributed by atoms with E-state index in [9.17, 15) is 14.7 Å². The lowest BCUT2D eigenvalue weighted by atomic mass is 9.96. The molecule has 114 valence electrons. The highest BCUT2D eigenvalue weighted by Gasteiger charge is 2.41. The number of rotatable bonds is 7. The summed E-state index contributed by atoms with van der Waals surface area (Å²) in [5.41, 5.74) is 0.931. The fourth-order valence-corrected chi connectivity index (χ4v) is 2.75.